The molecule has 17 heavy (non-hydrogen) atoms. The number of unbranched alkanes of at least 4 members (excludes halogenated alkanes) is 2. The molecule has 0 fully saturated rings. The maximum absolute atomic E-state index is 10.0. The van der Waals surface area contributed by atoms with Crippen molar-refractivity contribution < 1.29 is 19.8 Å². The van der Waals surface area contributed by atoms with E-state index in [0.717, 1.165) is 26.2 Å². The minimum atomic E-state index is -1.08. The zero-order chi connectivity index (χ0) is 13.2. The van der Waals surface area contributed by atoms with Crippen LogP contribution in [0.1, 0.15) is 59.8 Å². The van der Waals surface area contributed by atoms with Gasteiger partial charge in [0.25, 0.3) is 0 Å². The van der Waals surface area contributed by atoms with Crippen molar-refractivity contribution in [2.24, 2.45) is 5.41 Å². The summed E-state index contributed by atoms with van der Waals surface area (Å²) in [5, 5.41) is 18.9. The van der Waals surface area contributed by atoms with Gasteiger partial charge in [-0.25, -0.2) is 0 Å². The number of carbonyl (C=O) groups is 2. The lowest BCUT2D eigenvalue weighted by Gasteiger charge is -2.17. The summed E-state index contributed by atoms with van der Waals surface area (Å²) in [6.45, 7) is 7.57. The predicted molar refractivity (Wildman–Crippen MR) is 64.0 cm³/mol. The van der Waals surface area contributed by atoms with E-state index in [0.29, 0.717) is 5.41 Å². The third-order valence-electron chi connectivity index (χ3n) is 1.81. The number of hydrogen-bond acceptors (Lipinski definition) is 4. The van der Waals surface area contributed by atoms with Gasteiger partial charge >= 0.3 is 11.0 Å². The predicted octanol–water partition coefficient (Wildman–Crippen LogP) is 0.108. The topological polar surface area (TPSA) is 80.3 Å². The first-order valence-electron chi connectivity index (χ1n) is 5.52. The summed E-state index contributed by atoms with van der Waals surface area (Å²) in [7, 11) is 0. The third-order valence-corrected chi connectivity index (χ3v) is 1.81. The summed E-state index contributed by atoms with van der Waals surface area (Å²) >= 11 is 0. The van der Waals surface area contributed by atoms with Gasteiger partial charge in [-0.3, -0.25) is 0 Å². The van der Waals surface area contributed by atoms with Gasteiger partial charge in [-0.05, 0) is 31.6 Å². The fourth-order valence-corrected chi connectivity index (χ4v) is 1.10. The molecule has 0 aliphatic heterocycles. The molecule has 0 saturated carbocycles. The van der Waals surface area contributed by atoms with Crippen molar-refractivity contribution in [3.05, 3.63) is 0 Å². The summed E-state index contributed by atoms with van der Waals surface area (Å²) in [5.74, 6) is -2.01. The molecule has 0 unspecified atom stereocenters. The first-order chi connectivity index (χ1) is 7.15. The Labute approximate surface area is 108 Å². The molecule has 0 atom stereocenters. The molecule has 0 aliphatic carbocycles. The maximum Gasteiger partial charge on any atom is 2.00 e. The van der Waals surface area contributed by atoms with E-state index >= 15 is 0 Å². The van der Waals surface area contributed by atoms with Gasteiger partial charge in [-0.1, -0.05) is 33.6 Å². The normalized spacial score (nSPS) is 9.65. The zero-order valence-corrected chi connectivity index (χ0v) is 12.2. The van der Waals surface area contributed by atoms with E-state index in [1.807, 2.05) is 0 Å². The number of aliphatic carboxylic acids is 2. The molecule has 0 amide bonds. The Hall–Kier alpha value is -0.843. The van der Waals surface area contributed by atoms with E-state index in [4.69, 9.17) is 9.90 Å². The fourth-order valence-electron chi connectivity index (χ4n) is 1.10. The van der Waals surface area contributed by atoms with Crippen molar-refractivity contribution in [2.75, 3.05) is 0 Å². The van der Waals surface area contributed by atoms with Crippen LogP contribution < -0.4 is 10.2 Å². The van der Waals surface area contributed by atoms with Crippen molar-refractivity contribution in [1.82, 2.24) is 0 Å². The van der Waals surface area contributed by atoms with Crippen LogP contribution in [0.25, 0.3) is 0 Å². The van der Waals surface area contributed by atoms with Gasteiger partial charge in [0.2, 0.25) is 0 Å². The Bertz CT molecular complexity index is 205. The Morgan fingerprint density at radius 1 is 1.00 bits per heavy atom. The second kappa shape index (κ2) is 11.6. The average Bonchev–Trinajstić information content (AvgIpc) is 1.99. The van der Waals surface area contributed by atoms with Gasteiger partial charge in [-0.15, -0.1) is 0 Å². The molecule has 98 valence electrons. The van der Waals surface area contributed by atoms with E-state index in [9.17, 15) is 9.90 Å². The molecule has 0 heterocycles. The Balaban J connectivity index is -0.000000340. The van der Waals surface area contributed by atoms with Gasteiger partial charge in [-0.2, -0.15) is 0 Å². The average molecular weight is 258 g/mol. The van der Waals surface area contributed by atoms with Gasteiger partial charge in [0.1, 0.15) is 0 Å². The lowest BCUT2D eigenvalue weighted by Crippen LogP contribution is -2.21. The molecule has 0 saturated heterocycles. The minimum Gasteiger partial charge on any atom is -0.550 e. The van der Waals surface area contributed by atoms with Crippen LogP contribution in [0.3, 0.4) is 0 Å². The molecule has 0 aromatic rings. The van der Waals surface area contributed by atoms with E-state index < -0.39 is 11.9 Å². The summed E-state index contributed by atoms with van der Waals surface area (Å²) in [6, 6.07) is 0. The molecule has 0 rings (SSSR count). The molecule has 0 aromatic heterocycles. The second-order valence-corrected chi connectivity index (χ2v) is 4.98. The molecular formula is C12H22O4Si. The SMILES string of the molecule is CC(=O)[O-].CC(C)(C)CCCCCC(=O)[O-].[Si+2]. The lowest BCUT2D eigenvalue weighted by molar-refractivity contribution is -0.306. The van der Waals surface area contributed by atoms with Crippen LogP contribution >= 0.6 is 0 Å². The summed E-state index contributed by atoms with van der Waals surface area (Å²) in [6.07, 6.45) is 4.27. The van der Waals surface area contributed by atoms with Crippen molar-refractivity contribution >= 4 is 22.9 Å². The van der Waals surface area contributed by atoms with Gasteiger partial charge in [0.15, 0.2) is 0 Å². The highest BCUT2D eigenvalue weighted by Crippen LogP contribution is 2.22. The van der Waals surface area contributed by atoms with E-state index in [1.54, 1.807) is 0 Å². The minimum absolute atomic E-state index is 0. The quantitative estimate of drug-likeness (QED) is 0.518. The number of rotatable bonds is 5. The number of carboxylic acid groups (broad SMARTS) is 2. The second-order valence-electron chi connectivity index (χ2n) is 4.98. The van der Waals surface area contributed by atoms with Gasteiger partial charge < -0.3 is 19.8 Å². The fraction of sp³-hybridized carbons (Fsp3) is 0.833. The first-order valence-corrected chi connectivity index (χ1v) is 5.52. The third kappa shape index (κ3) is 39.4. The van der Waals surface area contributed by atoms with Crippen molar-refractivity contribution in [2.45, 2.75) is 59.8 Å². The summed E-state index contributed by atoms with van der Waals surface area (Å²) in [4.78, 5) is 18.9. The summed E-state index contributed by atoms with van der Waals surface area (Å²) in [5.41, 5.74) is 0.376. The molecule has 0 spiro atoms. The molecule has 4 nitrogen and oxygen atoms in total. The first kappa shape index (κ1) is 21.4. The van der Waals surface area contributed by atoms with Crippen molar-refractivity contribution in [1.29, 1.82) is 0 Å². The number of carbonyl (C=O) groups excluding carboxylic acids is 2. The van der Waals surface area contributed by atoms with Gasteiger partial charge in [0, 0.05) is 11.9 Å². The molecule has 0 bridgehead atoms. The standard InChI is InChI=1S/C10H20O2.C2H4O2.Si/c1-10(2,3)8-6-4-5-7-9(11)12;1-2(3)4;/h4-8H2,1-3H3,(H,11,12);1H3,(H,3,4);/q;;+2/p-2. The van der Waals surface area contributed by atoms with E-state index in [1.165, 1.54) is 6.42 Å². The molecule has 5 heteroatoms. The highest BCUT2D eigenvalue weighted by Gasteiger charge is 2.08. The van der Waals surface area contributed by atoms with Crippen LogP contribution in [0.5, 0.6) is 0 Å². The maximum atomic E-state index is 10.0. The molecular weight excluding hydrogens is 236 g/mol. The van der Waals surface area contributed by atoms with Crippen LogP contribution in [-0.4, -0.2) is 22.9 Å². The van der Waals surface area contributed by atoms with E-state index in [-0.39, 0.29) is 17.4 Å². The van der Waals surface area contributed by atoms with Crippen LogP contribution in [-0.2, 0) is 9.59 Å². The van der Waals surface area contributed by atoms with Crippen LogP contribution in [0.4, 0.5) is 0 Å². The lowest BCUT2D eigenvalue weighted by atomic mass is 9.89. The smallest absolute Gasteiger partial charge is 0.550 e. The van der Waals surface area contributed by atoms with Gasteiger partial charge in [0.05, 0.1) is 0 Å². The largest absolute Gasteiger partial charge is 2.00 e. The highest BCUT2D eigenvalue weighted by molar-refractivity contribution is 5.75. The molecule has 0 N–H and O–H groups in total. The Morgan fingerprint density at radius 3 is 1.71 bits per heavy atom. The van der Waals surface area contributed by atoms with Crippen LogP contribution in [0.15, 0.2) is 0 Å². The molecule has 0 aliphatic rings. The molecule has 0 aromatic carbocycles. The monoisotopic (exact) mass is 258 g/mol. The van der Waals surface area contributed by atoms with Crippen LogP contribution in [0.2, 0.25) is 0 Å². The van der Waals surface area contributed by atoms with Crippen molar-refractivity contribution in [3.8, 4) is 0 Å². The molecule has 2 radical (unpaired) electrons. The van der Waals surface area contributed by atoms with Crippen LogP contribution in [0, 0.1) is 5.41 Å². The van der Waals surface area contributed by atoms with E-state index in [2.05, 4.69) is 20.8 Å². The Kier molecular flexibility index (Phi) is 14.7. The summed E-state index contributed by atoms with van der Waals surface area (Å²) < 4.78 is 0. The number of carboxylic acids is 2. The highest BCUT2D eigenvalue weighted by atomic mass is 28.1. The number of hydrogen-bond donors (Lipinski definition) is 0. The zero-order valence-electron chi connectivity index (χ0n) is 11.2. The Morgan fingerprint density at radius 2 is 1.41 bits per heavy atom. The van der Waals surface area contributed by atoms with Crippen molar-refractivity contribution in [3.63, 3.8) is 0 Å².